The van der Waals surface area contributed by atoms with Gasteiger partial charge in [0.15, 0.2) is 0 Å². The van der Waals surface area contributed by atoms with E-state index in [1.807, 2.05) is 13.8 Å². The molecule has 0 radical (unpaired) electrons. The number of hydrogen-bond acceptors (Lipinski definition) is 2. The number of carbonyl (C=O) groups excluding carboxylic acids is 1. The molecule has 0 aromatic heterocycles. The monoisotopic (exact) mass is 302 g/mol. The van der Waals surface area contributed by atoms with Crippen LogP contribution in [0.3, 0.4) is 0 Å². The van der Waals surface area contributed by atoms with Crippen LogP contribution in [-0.4, -0.2) is 25.0 Å². The van der Waals surface area contributed by atoms with Crippen LogP contribution < -0.4 is 10.6 Å². The number of amides is 1. The Morgan fingerprint density at radius 1 is 1.41 bits per heavy atom. The maximum atomic E-state index is 13.2. The summed E-state index contributed by atoms with van der Waals surface area (Å²) in [5.41, 5.74) is 0.329. The summed E-state index contributed by atoms with van der Waals surface area (Å²) in [6, 6.07) is 4.71. The molecular weight excluding hydrogens is 287 g/mol. The summed E-state index contributed by atoms with van der Waals surface area (Å²) in [5, 5.41) is 5.89. The zero-order valence-electron chi connectivity index (χ0n) is 9.89. The van der Waals surface area contributed by atoms with Crippen molar-refractivity contribution >= 4 is 21.8 Å². The first-order valence-corrected chi connectivity index (χ1v) is 6.26. The predicted octanol–water partition coefficient (Wildman–Crippen LogP) is 2.32. The lowest BCUT2D eigenvalue weighted by Gasteiger charge is -2.09. The van der Waals surface area contributed by atoms with Crippen molar-refractivity contribution in [2.24, 2.45) is 0 Å². The number of carbonyl (C=O) groups is 1. The topological polar surface area (TPSA) is 41.1 Å². The molecule has 94 valence electrons. The van der Waals surface area contributed by atoms with Crippen molar-refractivity contribution in [1.29, 1.82) is 0 Å². The summed E-state index contributed by atoms with van der Waals surface area (Å²) in [5.74, 6) is -0.695. The molecule has 1 amide bonds. The minimum absolute atomic E-state index is 0.262. The predicted molar refractivity (Wildman–Crippen MR) is 69.6 cm³/mol. The van der Waals surface area contributed by atoms with Gasteiger partial charge in [-0.15, -0.1) is 0 Å². The molecule has 3 nitrogen and oxygen atoms in total. The Balaban J connectivity index is 2.44. The molecule has 0 bridgehead atoms. The Labute approximate surface area is 109 Å². The Hall–Kier alpha value is -0.940. The fourth-order valence-electron chi connectivity index (χ4n) is 1.28. The van der Waals surface area contributed by atoms with Gasteiger partial charge in [-0.25, -0.2) is 4.39 Å². The van der Waals surface area contributed by atoms with Crippen LogP contribution in [0, 0.1) is 5.82 Å². The lowest BCUT2D eigenvalue weighted by atomic mass is 10.2. The lowest BCUT2D eigenvalue weighted by Crippen LogP contribution is -2.34. The average molecular weight is 303 g/mol. The van der Waals surface area contributed by atoms with Crippen LogP contribution in [0.15, 0.2) is 22.7 Å². The van der Waals surface area contributed by atoms with Crippen molar-refractivity contribution in [3.8, 4) is 0 Å². The maximum absolute atomic E-state index is 13.2. The molecule has 0 aliphatic heterocycles. The van der Waals surface area contributed by atoms with Gasteiger partial charge in [-0.2, -0.15) is 0 Å². The summed E-state index contributed by atoms with van der Waals surface area (Å²) in [4.78, 5) is 11.6. The van der Waals surface area contributed by atoms with Gasteiger partial charge in [0.2, 0.25) is 0 Å². The van der Waals surface area contributed by atoms with E-state index in [4.69, 9.17) is 0 Å². The number of halogens is 2. The van der Waals surface area contributed by atoms with Crippen LogP contribution in [0.5, 0.6) is 0 Å². The summed E-state index contributed by atoms with van der Waals surface area (Å²) < 4.78 is 13.6. The number of nitrogens with one attached hydrogen (secondary N) is 2. The second-order valence-corrected chi connectivity index (χ2v) is 4.85. The Kier molecular flexibility index (Phi) is 5.58. The van der Waals surface area contributed by atoms with Crippen LogP contribution in [-0.2, 0) is 0 Å². The smallest absolute Gasteiger partial charge is 0.251 e. The van der Waals surface area contributed by atoms with Gasteiger partial charge in [0, 0.05) is 24.7 Å². The molecule has 0 saturated heterocycles. The van der Waals surface area contributed by atoms with E-state index in [1.165, 1.54) is 12.1 Å². The first-order valence-electron chi connectivity index (χ1n) is 5.47. The number of benzene rings is 1. The molecule has 0 atom stereocenters. The second-order valence-electron chi connectivity index (χ2n) is 3.99. The fraction of sp³-hybridized carbons (Fsp3) is 0.417. The van der Waals surface area contributed by atoms with Crippen molar-refractivity contribution < 1.29 is 9.18 Å². The summed E-state index contributed by atoms with van der Waals surface area (Å²) in [6.07, 6.45) is 0. The third-order valence-corrected chi connectivity index (χ3v) is 2.79. The molecule has 2 N–H and O–H groups in total. The maximum Gasteiger partial charge on any atom is 0.251 e. The van der Waals surface area contributed by atoms with Crippen molar-refractivity contribution in [3.05, 3.63) is 34.1 Å². The number of hydrogen-bond donors (Lipinski definition) is 2. The molecule has 0 heterocycles. The Morgan fingerprint density at radius 2 is 2.12 bits per heavy atom. The van der Waals surface area contributed by atoms with Gasteiger partial charge in [-0.05, 0) is 34.1 Å². The molecule has 0 saturated carbocycles. The highest BCUT2D eigenvalue weighted by molar-refractivity contribution is 9.10. The van der Waals surface area contributed by atoms with E-state index in [-0.39, 0.29) is 5.91 Å². The zero-order valence-corrected chi connectivity index (χ0v) is 11.5. The second kappa shape index (κ2) is 6.71. The summed E-state index contributed by atoms with van der Waals surface area (Å²) >= 11 is 3.04. The van der Waals surface area contributed by atoms with Gasteiger partial charge in [-0.1, -0.05) is 13.8 Å². The summed E-state index contributed by atoms with van der Waals surface area (Å²) in [7, 11) is 0. The number of rotatable bonds is 5. The Morgan fingerprint density at radius 3 is 2.71 bits per heavy atom. The highest BCUT2D eigenvalue weighted by atomic mass is 79.9. The first kappa shape index (κ1) is 14.1. The van der Waals surface area contributed by atoms with Gasteiger partial charge >= 0.3 is 0 Å². The van der Waals surface area contributed by atoms with Crippen LogP contribution >= 0.6 is 15.9 Å². The lowest BCUT2D eigenvalue weighted by molar-refractivity contribution is 0.0953. The van der Waals surface area contributed by atoms with E-state index < -0.39 is 5.82 Å². The highest BCUT2D eigenvalue weighted by Gasteiger charge is 2.07. The van der Waals surface area contributed by atoms with E-state index in [9.17, 15) is 9.18 Å². The third-order valence-electron chi connectivity index (χ3n) is 2.14. The summed E-state index contributed by atoms with van der Waals surface area (Å²) in [6.45, 7) is 5.29. The molecule has 5 heteroatoms. The molecular formula is C12H16BrFN2O. The van der Waals surface area contributed by atoms with E-state index >= 15 is 0 Å². The van der Waals surface area contributed by atoms with Crippen molar-refractivity contribution in [2.75, 3.05) is 13.1 Å². The van der Waals surface area contributed by atoms with Gasteiger partial charge in [0.1, 0.15) is 5.82 Å². The van der Waals surface area contributed by atoms with E-state index in [0.717, 1.165) is 0 Å². The minimum atomic E-state index is -0.432. The van der Waals surface area contributed by atoms with E-state index in [0.29, 0.717) is 29.2 Å². The minimum Gasteiger partial charge on any atom is -0.351 e. The largest absolute Gasteiger partial charge is 0.351 e. The zero-order chi connectivity index (χ0) is 12.8. The quantitative estimate of drug-likeness (QED) is 0.820. The van der Waals surface area contributed by atoms with E-state index in [1.54, 1.807) is 6.07 Å². The molecule has 0 unspecified atom stereocenters. The normalized spacial score (nSPS) is 10.6. The standard InChI is InChI=1S/C12H16BrFN2O/c1-8(2)15-5-6-16-12(17)9-3-4-10(13)11(14)7-9/h3-4,7-8,15H,5-6H2,1-2H3,(H,16,17). The van der Waals surface area contributed by atoms with Crippen LogP contribution in [0.4, 0.5) is 4.39 Å². The third kappa shape index (κ3) is 4.83. The molecule has 0 fully saturated rings. The molecule has 0 aliphatic carbocycles. The Bertz CT molecular complexity index is 396. The van der Waals surface area contributed by atoms with E-state index in [2.05, 4.69) is 26.6 Å². The van der Waals surface area contributed by atoms with Gasteiger partial charge < -0.3 is 10.6 Å². The SMILES string of the molecule is CC(C)NCCNC(=O)c1ccc(Br)c(F)c1. The van der Waals surface area contributed by atoms with Crippen molar-refractivity contribution in [1.82, 2.24) is 10.6 Å². The molecule has 17 heavy (non-hydrogen) atoms. The van der Waals surface area contributed by atoms with Crippen LogP contribution in [0.2, 0.25) is 0 Å². The van der Waals surface area contributed by atoms with Gasteiger partial charge in [-0.3, -0.25) is 4.79 Å². The van der Waals surface area contributed by atoms with Gasteiger partial charge in [0.05, 0.1) is 4.47 Å². The first-order chi connectivity index (χ1) is 8.00. The van der Waals surface area contributed by atoms with Crippen molar-refractivity contribution in [2.45, 2.75) is 19.9 Å². The average Bonchev–Trinajstić information content (AvgIpc) is 2.27. The molecule has 1 aromatic carbocycles. The molecule has 0 spiro atoms. The molecule has 1 rings (SSSR count). The van der Waals surface area contributed by atoms with Crippen LogP contribution in [0.1, 0.15) is 24.2 Å². The molecule has 1 aromatic rings. The van der Waals surface area contributed by atoms with Gasteiger partial charge in [0.25, 0.3) is 5.91 Å². The highest BCUT2D eigenvalue weighted by Crippen LogP contribution is 2.16. The van der Waals surface area contributed by atoms with Crippen molar-refractivity contribution in [3.63, 3.8) is 0 Å². The van der Waals surface area contributed by atoms with Crippen LogP contribution in [0.25, 0.3) is 0 Å². The fourth-order valence-corrected chi connectivity index (χ4v) is 1.52. The molecule has 0 aliphatic rings.